The highest BCUT2D eigenvalue weighted by atomic mass is 35.5. The number of hydrogen-bond acceptors (Lipinski definition) is 2. The number of rotatable bonds is 5. The van der Waals surface area contributed by atoms with Gasteiger partial charge in [0.25, 0.3) is 0 Å². The minimum Gasteiger partial charge on any atom is -0.496 e. The second-order valence-corrected chi connectivity index (χ2v) is 5.27. The van der Waals surface area contributed by atoms with E-state index in [0.29, 0.717) is 11.6 Å². The first-order valence-electron chi connectivity index (χ1n) is 6.91. The van der Waals surface area contributed by atoms with Gasteiger partial charge in [-0.05, 0) is 23.8 Å². The van der Waals surface area contributed by atoms with Gasteiger partial charge in [-0.15, -0.1) is 0 Å². The van der Waals surface area contributed by atoms with Crippen LogP contribution in [0.3, 0.4) is 0 Å². The molecule has 0 N–H and O–H groups in total. The van der Waals surface area contributed by atoms with Gasteiger partial charge in [0.1, 0.15) is 5.75 Å². The van der Waals surface area contributed by atoms with Crippen molar-refractivity contribution in [3.8, 4) is 5.75 Å². The van der Waals surface area contributed by atoms with E-state index in [9.17, 15) is 4.79 Å². The molecule has 2 aromatic rings. The van der Waals surface area contributed by atoms with Crippen LogP contribution in [0.1, 0.15) is 11.1 Å². The van der Waals surface area contributed by atoms with Crippen LogP contribution in [0.15, 0.2) is 54.6 Å². The molecular weight excluding hydrogens is 298 g/mol. The van der Waals surface area contributed by atoms with Gasteiger partial charge in [0.15, 0.2) is 0 Å². The summed E-state index contributed by atoms with van der Waals surface area (Å²) in [7, 11) is 3.36. The molecule has 0 aliphatic carbocycles. The van der Waals surface area contributed by atoms with E-state index in [0.717, 1.165) is 16.9 Å². The quantitative estimate of drug-likeness (QED) is 0.780. The van der Waals surface area contributed by atoms with E-state index in [-0.39, 0.29) is 5.91 Å². The smallest absolute Gasteiger partial charge is 0.246 e. The normalized spacial score (nSPS) is 10.7. The van der Waals surface area contributed by atoms with Crippen LogP contribution < -0.4 is 4.74 Å². The summed E-state index contributed by atoms with van der Waals surface area (Å²) in [6.07, 6.45) is 3.29. The third-order valence-corrected chi connectivity index (χ3v) is 3.65. The average molecular weight is 316 g/mol. The van der Waals surface area contributed by atoms with E-state index in [1.807, 2.05) is 48.5 Å². The first kappa shape index (κ1) is 16.1. The Labute approximate surface area is 135 Å². The number of ether oxygens (including phenoxy) is 1. The van der Waals surface area contributed by atoms with Gasteiger partial charge in [-0.25, -0.2) is 0 Å². The van der Waals surface area contributed by atoms with Gasteiger partial charge in [0.05, 0.1) is 7.11 Å². The zero-order valence-corrected chi connectivity index (χ0v) is 13.4. The second-order valence-electron chi connectivity index (χ2n) is 4.86. The molecular formula is C18H18ClNO2. The molecule has 2 aromatic carbocycles. The van der Waals surface area contributed by atoms with E-state index in [1.54, 1.807) is 25.1 Å². The summed E-state index contributed by atoms with van der Waals surface area (Å²) in [6, 6.07) is 15.1. The lowest BCUT2D eigenvalue weighted by Crippen LogP contribution is -2.24. The molecule has 0 fully saturated rings. The Morgan fingerprint density at radius 3 is 2.59 bits per heavy atom. The molecule has 0 heterocycles. The molecule has 1 amide bonds. The molecule has 0 atom stereocenters. The third kappa shape index (κ3) is 4.12. The lowest BCUT2D eigenvalue weighted by Gasteiger charge is -2.16. The van der Waals surface area contributed by atoms with Crippen molar-refractivity contribution in [3.63, 3.8) is 0 Å². The maximum atomic E-state index is 12.2. The number of likely N-dealkylation sites (N-methyl/N-ethyl adjacent to an activating group) is 1. The van der Waals surface area contributed by atoms with Crippen molar-refractivity contribution in [1.29, 1.82) is 0 Å². The van der Waals surface area contributed by atoms with Gasteiger partial charge in [-0.3, -0.25) is 4.79 Å². The van der Waals surface area contributed by atoms with Crippen LogP contribution in [0, 0.1) is 0 Å². The van der Waals surface area contributed by atoms with Crippen molar-refractivity contribution >= 4 is 23.6 Å². The largest absolute Gasteiger partial charge is 0.496 e. The molecule has 0 aliphatic rings. The van der Waals surface area contributed by atoms with Crippen molar-refractivity contribution in [1.82, 2.24) is 4.90 Å². The summed E-state index contributed by atoms with van der Waals surface area (Å²) in [5.41, 5.74) is 1.79. The summed E-state index contributed by atoms with van der Waals surface area (Å²) in [6.45, 7) is 0.467. The number of para-hydroxylation sites is 1. The summed E-state index contributed by atoms with van der Waals surface area (Å²) in [4.78, 5) is 13.8. The summed E-state index contributed by atoms with van der Waals surface area (Å²) < 4.78 is 5.26. The van der Waals surface area contributed by atoms with Crippen molar-refractivity contribution in [2.75, 3.05) is 14.2 Å². The minimum absolute atomic E-state index is 0.0918. The number of halogens is 1. The number of benzene rings is 2. The minimum atomic E-state index is -0.0918. The Balaban J connectivity index is 2.05. The molecule has 0 aromatic heterocycles. The summed E-state index contributed by atoms with van der Waals surface area (Å²) in [5.74, 6) is 0.645. The Kier molecular flexibility index (Phi) is 5.61. The Hall–Kier alpha value is -2.26. The zero-order valence-electron chi connectivity index (χ0n) is 12.6. The van der Waals surface area contributed by atoms with E-state index >= 15 is 0 Å². The van der Waals surface area contributed by atoms with Crippen LogP contribution in [-0.2, 0) is 11.3 Å². The highest BCUT2D eigenvalue weighted by Crippen LogP contribution is 2.19. The lowest BCUT2D eigenvalue weighted by atomic mass is 10.2. The Morgan fingerprint density at radius 1 is 1.18 bits per heavy atom. The fourth-order valence-electron chi connectivity index (χ4n) is 2.05. The monoisotopic (exact) mass is 315 g/mol. The average Bonchev–Trinajstić information content (AvgIpc) is 2.54. The van der Waals surface area contributed by atoms with Crippen molar-refractivity contribution in [2.45, 2.75) is 6.54 Å². The molecule has 3 nitrogen and oxygen atoms in total. The predicted molar refractivity (Wildman–Crippen MR) is 90.0 cm³/mol. The molecule has 0 unspecified atom stereocenters. The molecule has 114 valence electrons. The van der Waals surface area contributed by atoms with Gasteiger partial charge in [-0.1, -0.05) is 48.0 Å². The van der Waals surface area contributed by atoms with Crippen LogP contribution in [0.4, 0.5) is 0 Å². The van der Waals surface area contributed by atoms with Crippen molar-refractivity contribution in [2.24, 2.45) is 0 Å². The lowest BCUT2D eigenvalue weighted by molar-refractivity contribution is -0.125. The van der Waals surface area contributed by atoms with Gasteiger partial charge in [-0.2, -0.15) is 0 Å². The highest BCUT2D eigenvalue weighted by Gasteiger charge is 2.08. The molecule has 0 saturated carbocycles. The third-order valence-electron chi connectivity index (χ3n) is 3.29. The van der Waals surface area contributed by atoms with E-state index in [4.69, 9.17) is 16.3 Å². The Morgan fingerprint density at radius 2 is 1.86 bits per heavy atom. The Bertz CT molecular complexity index is 682. The number of hydrogen-bond donors (Lipinski definition) is 0. The molecule has 0 saturated heterocycles. The molecule has 0 bridgehead atoms. The standard InChI is InChI=1S/C18H18ClNO2/c1-20(13-15-8-3-5-9-16(15)19)18(21)12-11-14-7-4-6-10-17(14)22-2/h3-12H,13H2,1-2H3/b12-11+. The van der Waals surface area contributed by atoms with E-state index in [2.05, 4.69) is 0 Å². The van der Waals surface area contributed by atoms with Crippen molar-refractivity contribution < 1.29 is 9.53 Å². The maximum absolute atomic E-state index is 12.2. The van der Waals surface area contributed by atoms with Crippen LogP contribution in [-0.4, -0.2) is 25.0 Å². The number of carbonyl (C=O) groups is 1. The van der Waals surface area contributed by atoms with Gasteiger partial charge >= 0.3 is 0 Å². The highest BCUT2D eigenvalue weighted by molar-refractivity contribution is 6.31. The molecule has 0 aliphatic heterocycles. The number of amides is 1. The van der Waals surface area contributed by atoms with E-state index < -0.39 is 0 Å². The van der Waals surface area contributed by atoms with Crippen molar-refractivity contribution in [3.05, 3.63) is 70.8 Å². The predicted octanol–water partition coefficient (Wildman–Crippen LogP) is 4.02. The first-order valence-corrected chi connectivity index (χ1v) is 7.29. The van der Waals surface area contributed by atoms with Gasteiger partial charge in [0.2, 0.25) is 5.91 Å². The zero-order chi connectivity index (χ0) is 15.9. The first-order chi connectivity index (χ1) is 10.6. The van der Waals surface area contributed by atoms with Crippen LogP contribution in [0.2, 0.25) is 5.02 Å². The molecule has 2 rings (SSSR count). The number of nitrogens with zero attached hydrogens (tertiary/aromatic N) is 1. The molecule has 4 heteroatoms. The van der Waals surface area contributed by atoms with Crippen LogP contribution in [0.25, 0.3) is 6.08 Å². The SMILES string of the molecule is COc1ccccc1/C=C/C(=O)N(C)Cc1ccccc1Cl. The summed E-state index contributed by atoms with van der Waals surface area (Å²) >= 11 is 6.11. The molecule has 0 spiro atoms. The summed E-state index contributed by atoms with van der Waals surface area (Å²) in [5, 5.41) is 0.663. The fraction of sp³-hybridized carbons (Fsp3) is 0.167. The second kappa shape index (κ2) is 7.66. The van der Waals surface area contributed by atoms with Crippen LogP contribution in [0.5, 0.6) is 5.75 Å². The number of methoxy groups -OCH3 is 1. The van der Waals surface area contributed by atoms with Gasteiger partial charge in [0, 0.05) is 30.3 Å². The van der Waals surface area contributed by atoms with Gasteiger partial charge < -0.3 is 9.64 Å². The number of carbonyl (C=O) groups excluding carboxylic acids is 1. The fourth-order valence-corrected chi connectivity index (χ4v) is 2.25. The van der Waals surface area contributed by atoms with E-state index in [1.165, 1.54) is 6.08 Å². The topological polar surface area (TPSA) is 29.5 Å². The maximum Gasteiger partial charge on any atom is 0.246 e. The molecule has 22 heavy (non-hydrogen) atoms. The molecule has 0 radical (unpaired) electrons. The van der Waals surface area contributed by atoms with Crippen LogP contribution >= 0.6 is 11.6 Å².